The first kappa shape index (κ1) is 17.5. The van der Waals surface area contributed by atoms with Gasteiger partial charge < -0.3 is 15.0 Å². The zero-order chi connectivity index (χ0) is 18.0. The van der Waals surface area contributed by atoms with Crippen molar-refractivity contribution < 1.29 is 22.7 Å². The zero-order valence-corrected chi connectivity index (χ0v) is 13.5. The first-order valence-electron chi connectivity index (χ1n) is 8.16. The van der Waals surface area contributed by atoms with E-state index in [0.717, 1.165) is 25.0 Å². The van der Waals surface area contributed by atoms with E-state index >= 15 is 0 Å². The number of nitriles is 1. The van der Waals surface area contributed by atoms with Gasteiger partial charge in [-0.15, -0.1) is 0 Å². The van der Waals surface area contributed by atoms with Gasteiger partial charge >= 0.3 is 6.18 Å². The number of halogens is 3. The monoisotopic (exact) mass is 353 g/mol. The molecule has 0 aliphatic carbocycles. The van der Waals surface area contributed by atoms with Crippen molar-refractivity contribution in [3.05, 3.63) is 29.3 Å². The fourth-order valence-corrected chi connectivity index (χ4v) is 3.36. The van der Waals surface area contributed by atoms with E-state index in [1.807, 2.05) is 0 Å². The van der Waals surface area contributed by atoms with Gasteiger partial charge in [-0.1, -0.05) is 0 Å². The molecule has 2 heterocycles. The summed E-state index contributed by atoms with van der Waals surface area (Å²) in [5.41, 5.74) is -1.23. The number of alkyl halides is 3. The Balaban J connectivity index is 1.73. The molecule has 0 radical (unpaired) electrons. The lowest BCUT2D eigenvalue weighted by molar-refractivity contribution is -0.137. The highest BCUT2D eigenvalue weighted by molar-refractivity contribution is 5.87. The summed E-state index contributed by atoms with van der Waals surface area (Å²) >= 11 is 0. The van der Waals surface area contributed by atoms with Crippen molar-refractivity contribution in [3.8, 4) is 6.07 Å². The lowest BCUT2D eigenvalue weighted by Gasteiger charge is -2.31. The first-order valence-corrected chi connectivity index (χ1v) is 8.16. The number of anilines is 1. The predicted octanol–water partition coefficient (Wildman–Crippen LogP) is 2.77. The van der Waals surface area contributed by atoms with E-state index < -0.39 is 23.3 Å². The number of nitrogens with zero attached hydrogens (tertiary/aromatic N) is 2. The maximum absolute atomic E-state index is 13.0. The van der Waals surface area contributed by atoms with Crippen molar-refractivity contribution in [2.75, 3.05) is 25.1 Å². The Hall–Kier alpha value is -2.27. The zero-order valence-electron chi connectivity index (χ0n) is 13.5. The minimum atomic E-state index is -4.61. The maximum Gasteiger partial charge on any atom is 0.417 e. The van der Waals surface area contributed by atoms with Gasteiger partial charge in [0, 0.05) is 31.5 Å². The number of nitrogens with one attached hydrogen (secondary N) is 1. The average Bonchev–Trinajstić information content (AvgIpc) is 2.95. The number of likely N-dealkylation sites (tertiary alicyclic amines) is 1. The third kappa shape index (κ3) is 3.71. The average molecular weight is 353 g/mol. The van der Waals surface area contributed by atoms with Gasteiger partial charge in [0.1, 0.15) is 6.04 Å². The number of hydrogen-bond acceptors (Lipinski definition) is 4. The van der Waals surface area contributed by atoms with E-state index in [9.17, 15) is 18.0 Å². The lowest BCUT2D eigenvalue weighted by atomic mass is 10.1. The van der Waals surface area contributed by atoms with Gasteiger partial charge in [-0.2, -0.15) is 18.4 Å². The molecule has 3 rings (SSSR count). The van der Waals surface area contributed by atoms with Crippen LogP contribution in [0.25, 0.3) is 0 Å². The molecular formula is C17H18F3N3O2. The molecule has 2 saturated heterocycles. The second-order valence-electron chi connectivity index (χ2n) is 6.23. The number of carbonyl (C=O) groups excluding carboxylic acids is 1. The number of carbonyl (C=O) groups is 1. The number of benzene rings is 1. The highest BCUT2D eigenvalue weighted by atomic mass is 19.4. The van der Waals surface area contributed by atoms with Gasteiger partial charge in [0.2, 0.25) is 5.91 Å². The third-order valence-electron chi connectivity index (χ3n) is 4.66. The molecule has 2 fully saturated rings. The Kier molecular flexibility index (Phi) is 4.86. The van der Waals surface area contributed by atoms with Gasteiger partial charge in [-0.05, 0) is 37.5 Å². The molecule has 1 amide bonds. The Bertz CT molecular complexity index is 693. The van der Waals surface area contributed by atoms with Crippen molar-refractivity contribution in [1.29, 1.82) is 5.26 Å². The van der Waals surface area contributed by atoms with Crippen LogP contribution in [0.1, 0.15) is 30.4 Å². The van der Waals surface area contributed by atoms with Crippen molar-refractivity contribution >= 4 is 11.6 Å². The van der Waals surface area contributed by atoms with Crippen LogP contribution >= 0.6 is 0 Å². The van der Waals surface area contributed by atoms with Crippen LogP contribution in [0.4, 0.5) is 18.9 Å². The van der Waals surface area contributed by atoms with Crippen LogP contribution in [0.15, 0.2) is 18.2 Å². The van der Waals surface area contributed by atoms with Gasteiger partial charge in [-0.25, -0.2) is 0 Å². The molecule has 1 N–H and O–H groups in total. The van der Waals surface area contributed by atoms with E-state index in [2.05, 4.69) is 5.32 Å². The summed E-state index contributed by atoms with van der Waals surface area (Å²) in [6.45, 7) is 1.83. The highest BCUT2D eigenvalue weighted by Gasteiger charge is 2.37. The third-order valence-corrected chi connectivity index (χ3v) is 4.66. The van der Waals surface area contributed by atoms with Crippen molar-refractivity contribution in [2.45, 2.75) is 37.5 Å². The van der Waals surface area contributed by atoms with Crippen molar-refractivity contribution in [1.82, 2.24) is 4.90 Å². The van der Waals surface area contributed by atoms with Gasteiger partial charge in [-0.3, -0.25) is 4.79 Å². The number of hydrogen-bond donors (Lipinski definition) is 1. The molecule has 1 aromatic carbocycles. The first-order chi connectivity index (χ1) is 11.9. The van der Waals surface area contributed by atoms with E-state index in [-0.39, 0.29) is 17.6 Å². The Morgan fingerprint density at radius 1 is 1.24 bits per heavy atom. The Morgan fingerprint density at radius 3 is 2.60 bits per heavy atom. The Labute approximate surface area is 143 Å². The normalized spacial score (nSPS) is 22.1. The summed E-state index contributed by atoms with van der Waals surface area (Å²) in [5, 5.41) is 11.7. The second kappa shape index (κ2) is 6.92. The molecule has 8 heteroatoms. The van der Waals surface area contributed by atoms with Crippen LogP contribution in [0, 0.1) is 11.3 Å². The second-order valence-corrected chi connectivity index (χ2v) is 6.23. The molecule has 5 nitrogen and oxygen atoms in total. The summed E-state index contributed by atoms with van der Waals surface area (Å²) < 4.78 is 44.4. The van der Waals surface area contributed by atoms with Gasteiger partial charge in [0.15, 0.2) is 0 Å². The minimum absolute atomic E-state index is 0.0928. The molecule has 1 aromatic rings. The topological polar surface area (TPSA) is 65.4 Å². The molecule has 134 valence electrons. The van der Waals surface area contributed by atoms with Crippen LogP contribution < -0.4 is 5.32 Å². The van der Waals surface area contributed by atoms with Crippen LogP contribution in [0.3, 0.4) is 0 Å². The van der Waals surface area contributed by atoms with Crippen LogP contribution in [0.2, 0.25) is 0 Å². The summed E-state index contributed by atoms with van der Waals surface area (Å²) in [6.07, 6.45) is -2.50. The maximum atomic E-state index is 13.0. The summed E-state index contributed by atoms with van der Waals surface area (Å²) in [6, 6.07) is 4.56. The molecule has 25 heavy (non-hydrogen) atoms. The van der Waals surface area contributed by atoms with Crippen LogP contribution in [-0.2, 0) is 15.7 Å². The molecule has 0 aromatic heterocycles. The van der Waals surface area contributed by atoms with Crippen LogP contribution in [0.5, 0.6) is 0 Å². The summed E-state index contributed by atoms with van der Waals surface area (Å²) in [7, 11) is 0. The van der Waals surface area contributed by atoms with Crippen molar-refractivity contribution in [3.63, 3.8) is 0 Å². The van der Waals surface area contributed by atoms with E-state index in [4.69, 9.17) is 10.00 Å². The van der Waals surface area contributed by atoms with E-state index in [1.165, 1.54) is 6.07 Å². The summed E-state index contributed by atoms with van der Waals surface area (Å²) in [5.74, 6) is -0.0928. The van der Waals surface area contributed by atoms with Crippen molar-refractivity contribution in [2.24, 2.45) is 0 Å². The number of amides is 1. The standard InChI is InChI=1S/C17H18F3N3O2/c18-17(19,20)14-9-12(2-1-11(14)10-21)22-15-3-6-23(16(15)24)13-4-7-25-8-5-13/h1-2,9,13,15,22H,3-8H2/t15-/m0/s1. The SMILES string of the molecule is N#Cc1ccc(N[C@H]2CCN(C3CCOCC3)C2=O)cc1C(F)(F)F. The number of ether oxygens (including phenoxy) is 1. The molecule has 2 aliphatic heterocycles. The van der Waals surface area contributed by atoms with Gasteiger partial charge in [0.05, 0.1) is 17.2 Å². The predicted molar refractivity (Wildman–Crippen MR) is 83.7 cm³/mol. The molecular weight excluding hydrogens is 335 g/mol. The summed E-state index contributed by atoms with van der Waals surface area (Å²) in [4.78, 5) is 14.4. The van der Waals surface area contributed by atoms with Crippen LogP contribution in [-0.4, -0.2) is 42.6 Å². The largest absolute Gasteiger partial charge is 0.417 e. The lowest BCUT2D eigenvalue weighted by Crippen LogP contribution is -2.43. The fraction of sp³-hybridized carbons (Fsp3) is 0.529. The minimum Gasteiger partial charge on any atom is -0.381 e. The van der Waals surface area contributed by atoms with E-state index in [0.29, 0.717) is 26.2 Å². The molecule has 2 aliphatic rings. The van der Waals surface area contributed by atoms with Gasteiger partial charge in [0.25, 0.3) is 0 Å². The molecule has 0 spiro atoms. The quantitative estimate of drug-likeness (QED) is 0.908. The molecule has 0 bridgehead atoms. The molecule has 0 unspecified atom stereocenters. The Morgan fingerprint density at radius 2 is 1.96 bits per heavy atom. The fourth-order valence-electron chi connectivity index (χ4n) is 3.36. The molecule has 0 saturated carbocycles. The number of rotatable bonds is 3. The highest BCUT2D eigenvalue weighted by Crippen LogP contribution is 2.34. The molecule has 1 atom stereocenters. The smallest absolute Gasteiger partial charge is 0.381 e. The van der Waals surface area contributed by atoms with E-state index in [1.54, 1.807) is 11.0 Å².